The molecule has 1 aliphatic rings. The smallest absolute Gasteiger partial charge is 0.307 e. The largest absolute Gasteiger partial charge is 0.481 e. The Morgan fingerprint density at radius 1 is 1.43 bits per heavy atom. The van der Waals surface area contributed by atoms with E-state index in [9.17, 15) is 14.3 Å². The minimum atomic E-state index is -0.729. The van der Waals surface area contributed by atoms with Crippen molar-refractivity contribution in [2.24, 2.45) is 11.8 Å². The van der Waals surface area contributed by atoms with Crippen molar-refractivity contribution in [1.82, 2.24) is 0 Å². The number of halogens is 2. The lowest BCUT2D eigenvalue weighted by atomic mass is 9.73. The van der Waals surface area contributed by atoms with E-state index < -0.39 is 5.97 Å². The van der Waals surface area contributed by atoms with Crippen LogP contribution in [0.15, 0.2) is 35.3 Å². The van der Waals surface area contributed by atoms with E-state index in [1.807, 2.05) is 6.07 Å². The number of carbonyl (C=O) groups is 1. The van der Waals surface area contributed by atoms with Crippen LogP contribution in [0, 0.1) is 17.7 Å². The van der Waals surface area contributed by atoms with Crippen LogP contribution in [0.4, 0.5) is 4.39 Å². The third-order valence-electron chi connectivity index (χ3n) is 4.49. The average Bonchev–Trinajstić information content (AvgIpc) is 2.47. The zero-order chi connectivity index (χ0) is 15.4. The summed E-state index contributed by atoms with van der Waals surface area (Å²) in [5.41, 5.74) is 1.02. The summed E-state index contributed by atoms with van der Waals surface area (Å²) in [6.45, 7) is 3.65. The zero-order valence-electron chi connectivity index (χ0n) is 11.9. The fourth-order valence-electron chi connectivity index (χ4n) is 3.30. The van der Waals surface area contributed by atoms with Crippen LogP contribution in [0.1, 0.15) is 43.6 Å². The first-order valence-electron chi connectivity index (χ1n) is 7.31. The Bertz CT molecular complexity index is 522. The van der Waals surface area contributed by atoms with Crippen molar-refractivity contribution in [2.75, 3.05) is 0 Å². The Hall–Kier alpha value is -1.16. The van der Waals surface area contributed by atoms with Crippen LogP contribution in [0.5, 0.6) is 0 Å². The summed E-state index contributed by atoms with van der Waals surface area (Å²) < 4.78 is 14.1. The predicted molar refractivity (Wildman–Crippen MR) is 84.7 cm³/mol. The topological polar surface area (TPSA) is 37.3 Å². The highest BCUT2D eigenvalue weighted by Crippen LogP contribution is 2.40. The van der Waals surface area contributed by atoms with Crippen molar-refractivity contribution >= 4 is 21.9 Å². The number of hydrogen-bond acceptors (Lipinski definition) is 1. The lowest BCUT2D eigenvalue weighted by molar-refractivity contribution is -0.144. The maximum atomic E-state index is 13.6. The van der Waals surface area contributed by atoms with E-state index in [1.54, 1.807) is 18.2 Å². The lowest BCUT2D eigenvalue weighted by Gasteiger charge is -2.32. The van der Waals surface area contributed by atoms with Crippen LogP contribution < -0.4 is 0 Å². The Balaban J connectivity index is 2.00. The molecule has 1 saturated carbocycles. The van der Waals surface area contributed by atoms with Crippen LogP contribution in [0.2, 0.25) is 0 Å². The maximum absolute atomic E-state index is 13.6. The van der Waals surface area contributed by atoms with Gasteiger partial charge in [-0.25, -0.2) is 4.39 Å². The molecule has 1 fully saturated rings. The quantitative estimate of drug-likeness (QED) is 0.743. The van der Waals surface area contributed by atoms with Crippen molar-refractivity contribution in [1.29, 1.82) is 0 Å². The molecule has 0 aliphatic heterocycles. The molecule has 1 aromatic rings. The number of carboxylic acids is 1. The fraction of sp³-hybridized carbons (Fsp3) is 0.471. The first kappa shape index (κ1) is 16.2. The number of aliphatic carboxylic acids is 1. The van der Waals surface area contributed by atoms with E-state index in [-0.39, 0.29) is 17.7 Å². The monoisotopic (exact) mass is 354 g/mol. The van der Waals surface area contributed by atoms with Gasteiger partial charge in [-0.2, -0.15) is 0 Å². The Labute approximate surface area is 133 Å². The van der Waals surface area contributed by atoms with Crippen LogP contribution in [0.3, 0.4) is 0 Å². The molecule has 0 saturated heterocycles. The van der Waals surface area contributed by atoms with Gasteiger partial charge in [0.25, 0.3) is 0 Å². The highest BCUT2D eigenvalue weighted by atomic mass is 79.9. The van der Waals surface area contributed by atoms with Gasteiger partial charge in [0.05, 0.1) is 10.4 Å². The summed E-state index contributed by atoms with van der Waals surface area (Å²) in [4.78, 5) is 11.3. The molecule has 0 bridgehead atoms. The second-order valence-electron chi connectivity index (χ2n) is 5.75. The SMILES string of the molecule is C=CCC(C(=O)O)C1CCC(c2ccc(Br)c(F)c2)CC1. The lowest BCUT2D eigenvalue weighted by Crippen LogP contribution is -2.26. The molecule has 1 aliphatic carbocycles. The number of rotatable bonds is 5. The van der Waals surface area contributed by atoms with E-state index in [1.165, 1.54) is 0 Å². The normalized spacial score (nSPS) is 23.5. The first-order valence-corrected chi connectivity index (χ1v) is 8.11. The van der Waals surface area contributed by atoms with E-state index in [2.05, 4.69) is 22.5 Å². The molecular weight excluding hydrogens is 335 g/mol. The molecule has 0 aromatic heterocycles. The average molecular weight is 355 g/mol. The molecule has 2 nitrogen and oxygen atoms in total. The molecule has 1 aromatic carbocycles. The summed E-state index contributed by atoms with van der Waals surface area (Å²) in [6.07, 6.45) is 5.83. The highest BCUT2D eigenvalue weighted by Gasteiger charge is 2.31. The molecule has 0 radical (unpaired) electrons. The fourth-order valence-corrected chi connectivity index (χ4v) is 3.54. The Morgan fingerprint density at radius 3 is 2.62 bits per heavy atom. The van der Waals surface area contributed by atoms with E-state index >= 15 is 0 Å². The number of benzene rings is 1. The van der Waals surface area contributed by atoms with Gasteiger partial charge in [0.1, 0.15) is 5.82 Å². The van der Waals surface area contributed by atoms with Gasteiger partial charge >= 0.3 is 5.97 Å². The van der Waals surface area contributed by atoms with Gasteiger partial charge in [0.15, 0.2) is 0 Å². The predicted octanol–water partition coefficient (Wildman–Crippen LogP) is 5.14. The van der Waals surface area contributed by atoms with Gasteiger partial charge in [-0.1, -0.05) is 12.1 Å². The zero-order valence-corrected chi connectivity index (χ0v) is 13.5. The van der Waals surface area contributed by atoms with Gasteiger partial charge in [0, 0.05) is 0 Å². The molecule has 114 valence electrons. The molecule has 0 heterocycles. The summed E-state index contributed by atoms with van der Waals surface area (Å²) in [5.74, 6) is -0.748. The second kappa shape index (κ2) is 7.21. The van der Waals surface area contributed by atoms with Gasteiger partial charge in [-0.15, -0.1) is 6.58 Å². The van der Waals surface area contributed by atoms with Crippen LogP contribution >= 0.6 is 15.9 Å². The Morgan fingerprint density at radius 2 is 2.10 bits per heavy atom. The van der Waals surface area contributed by atoms with Crippen molar-refractivity contribution in [3.63, 3.8) is 0 Å². The standard InChI is InChI=1S/C17H20BrFO2/c1-2-3-14(17(20)21)12-6-4-11(5-7-12)13-8-9-15(18)16(19)10-13/h2,8-12,14H,1,3-7H2,(H,20,21). The first-order chi connectivity index (χ1) is 10.0. The molecule has 21 heavy (non-hydrogen) atoms. The highest BCUT2D eigenvalue weighted by molar-refractivity contribution is 9.10. The summed E-state index contributed by atoms with van der Waals surface area (Å²) >= 11 is 3.17. The van der Waals surface area contributed by atoms with Crippen LogP contribution in [-0.2, 0) is 4.79 Å². The molecule has 4 heteroatoms. The Kier molecular flexibility index (Phi) is 5.57. The number of hydrogen-bond donors (Lipinski definition) is 1. The molecule has 1 atom stereocenters. The second-order valence-corrected chi connectivity index (χ2v) is 6.61. The number of carboxylic acid groups (broad SMARTS) is 1. The van der Waals surface area contributed by atoms with E-state index in [0.29, 0.717) is 16.8 Å². The van der Waals surface area contributed by atoms with Gasteiger partial charge < -0.3 is 5.11 Å². The van der Waals surface area contributed by atoms with E-state index in [4.69, 9.17) is 0 Å². The molecule has 1 unspecified atom stereocenters. The molecular formula is C17H20BrFO2. The molecule has 0 amide bonds. The minimum absolute atomic E-state index is 0.206. The van der Waals surface area contributed by atoms with E-state index in [0.717, 1.165) is 31.2 Å². The molecule has 1 N–H and O–H groups in total. The maximum Gasteiger partial charge on any atom is 0.307 e. The van der Waals surface area contributed by atoms with Gasteiger partial charge in [-0.05, 0) is 77.6 Å². The minimum Gasteiger partial charge on any atom is -0.481 e. The van der Waals surface area contributed by atoms with Gasteiger partial charge in [0.2, 0.25) is 0 Å². The summed E-state index contributed by atoms with van der Waals surface area (Å²) in [6, 6.07) is 5.29. The van der Waals surface area contributed by atoms with Crippen molar-refractivity contribution in [2.45, 2.75) is 38.0 Å². The third-order valence-corrected chi connectivity index (χ3v) is 5.14. The van der Waals surface area contributed by atoms with Crippen LogP contribution in [0.25, 0.3) is 0 Å². The van der Waals surface area contributed by atoms with Crippen molar-refractivity contribution < 1.29 is 14.3 Å². The third kappa shape index (κ3) is 3.94. The molecule has 2 rings (SSSR count). The number of allylic oxidation sites excluding steroid dienone is 1. The van der Waals surface area contributed by atoms with Gasteiger partial charge in [-0.3, -0.25) is 4.79 Å². The molecule has 0 spiro atoms. The summed E-state index contributed by atoms with van der Waals surface area (Å²) in [5, 5.41) is 9.30. The van der Waals surface area contributed by atoms with Crippen LogP contribution in [-0.4, -0.2) is 11.1 Å². The summed E-state index contributed by atoms with van der Waals surface area (Å²) in [7, 11) is 0. The van der Waals surface area contributed by atoms with Crippen molar-refractivity contribution in [3.05, 3.63) is 46.7 Å². The van der Waals surface area contributed by atoms with Crippen molar-refractivity contribution in [3.8, 4) is 0 Å².